The minimum atomic E-state index is -0.352. The van der Waals surface area contributed by atoms with Gasteiger partial charge in [0.1, 0.15) is 17.6 Å². The summed E-state index contributed by atoms with van der Waals surface area (Å²) in [6.45, 7) is 8.61. The van der Waals surface area contributed by atoms with E-state index < -0.39 is 0 Å². The van der Waals surface area contributed by atoms with E-state index in [2.05, 4.69) is 24.3 Å². The number of hydrogen-bond acceptors (Lipinski definition) is 4. The fraction of sp³-hybridized carbons (Fsp3) is 0.423. The van der Waals surface area contributed by atoms with Crippen molar-refractivity contribution >= 4 is 27.6 Å². The molecule has 0 radical (unpaired) electrons. The highest BCUT2D eigenvalue weighted by molar-refractivity contribution is 6.11. The van der Waals surface area contributed by atoms with Gasteiger partial charge in [-0.05, 0) is 51.7 Å². The highest BCUT2D eigenvalue weighted by atomic mass is 16.6. The molecule has 1 heterocycles. The first-order valence-electron chi connectivity index (χ1n) is 11.3. The minimum absolute atomic E-state index is 0.231. The molecule has 1 fully saturated rings. The number of ether oxygens (including phenoxy) is 3. The van der Waals surface area contributed by atoms with Crippen LogP contribution in [0.5, 0.6) is 11.5 Å². The van der Waals surface area contributed by atoms with Crippen molar-refractivity contribution in [3.8, 4) is 11.5 Å². The Morgan fingerprint density at radius 2 is 1.45 bits per heavy atom. The second kappa shape index (κ2) is 9.46. The first kappa shape index (κ1) is 21.3. The van der Waals surface area contributed by atoms with Crippen LogP contribution in [0.2, 0.25) is 0 Å². The average molecular weight is 422 g/mol. The Balaban J connectivity index is 1.75. The fourth-order valence-electron chi connectivity index (χ4n) is 4.34. The van der Waals surface area contributed by atoms with Crippen LogP contribution in [-0.2, 0) is 4.74 Å². The van der Waals surface area contributed by atoms with Crippen molar-refractivity contribution in [2.45, 2.75) is 46.1 Å². The number of likely N-dealkylation sites (tertiary alicyclic amines) is 1. The van der Waals surface area contributed by atoms with Crippen LogP contribution in [-0.4, -0.2) is 37.3 Å². The SMILES string of the molecule is CCOc1c2ccccc2c(OCC)c2cc(C(C)OC(=O)N3CCCCC3)ccc12. The molecule has 0 aromatic heterocycles. The number of benzene rings is 3. The zero-order chi connectivity index (χ0) is 21.8. The maximum Gasteiger partial charge on any atom is 0.410 e. The van der Waals surface area contributed by atoms with Gasteiger partial charge in [0.15, 0.2) is 0 Å². The van der Waals surface area contributed by atoms with E-state index in [0.29, 0.717) is 13.2 Å². The van der Waals surface area contributed by atoms with Crippen LogP contribution >= 0.6 is 0 Å². The standard InChI is InChI=1S/C26H31NO4/c1-4-29-24-20-11-7-8-12-21(20)25(30-5-2)23-17-19(13-14-22(23)24)18(3)31-26(28)27-15-9-6-10-16-27/h7-8,11-14,17-18H,4-6,9-10,15-16H2,1-3H3. The van der Waals surface area contributed by atoms with E-state index in [-0.39, 0.29) is 12.2 Å². The number of carbonyl (C=O) groups excluding carboxylic acids is 1. The largest absolute Gasteiger partial charge is 0.493 e. The number of carbonyl (C=O) groups is 1. The van der Waals surface area contributed by atoms with Crippen molar-refractivity contribution in [2.24, 2.45) is 0 Å². The van der Waals surface area contributed by atoms with E-state index in [0.717, 1.165) is 64.5 Å². The molecular weight excluding hydrogens is 390 g/mol. The normalized spacial score (nSPS) is 15.1. The van der Waals surface area contributed by atoms with Gasteiger partial charge in [-0.3, -0.25) is 0 Å². The Labute approximate surface area is 183 Å². The lowest BCUT2D eigenvalue weighted by Crippen LogP contribution is -2.36. The van der Waals surface area contributed by atoms with Crippen LogP contribution in [0.15, 0.2) is 42.5 Å². The summed E-state index contributed by atoms with van der Waals surface area (Å²) in [5.41, 5.74) is 0.941. The fourth-order valence-corrected chi connectivity index (χ4v) is 4.34. The quantitative estimate of drug-likeness (QED) is 0.428. The zero-order valence-electron chi connectivity index (χ0n) is 18.6. The van der Waals surface area contributed by atoms with Crippen molar-refractivity contribution < 1.29 is 19.0 Å². The summed E-state index contributed by atoms with van der Waals surface area (Å²) >= 11 is 0. The van der Waals surface area contributed by atoms with Gasteiger partial charge in [0.2, 0.25) is 0 Å². The molecule has 1 unspecified atom stereocenters. The van der Waals surface area contributed by atoms with Gasteiger partial charge >= 0.3 is 6.09 Å². The lowest BCUT2D eigenvalue weighted by Gasteiger charge is -2.27. The van der Waals surface area contributed by atoms with Crippen molar-refractivity contribution in [3.63, 3.8) is 0 Å². The van der Waals surface area contributed by atoms with Crippen LogP contribution in [0, 0.1) is 0 Å². The van der Waals surface area contributed by atoms with Crippen LogP contribution in [0.3, 0.4) is 0 Å². The third-order valence-electron chi connectivity index (χ3n) is 5.89. The summed E-state index contributed by atoms with van der Waals surface area (Å²) in [7, 11) is 0. The van der Waals surface area contributed by atoms with Gasteiger partial charge in [-0.1, -0.05) is 36.4 Å². The smallest absolute Gasteiger partial charge is 0.410 e. The summed E-state index contributed by atoms with van der Waals surface area (Å²) in [6.07, 6.45) is 2.69. The highest BCUT2D eigenvalue weighted by Gasteiger charge is 2.22. The van der Waals surface area contributed by atoms with Gasteiger partial charge in [-0.25, -0.2) is 4.79 Å². The summed E-state index contributed by atoms with van der Waals surface area (Å²) < 4.78 is 18.0. The molecule has 5 heteroatoms. The lowest BCUT2D eigenvalue weighted by molar-refractivity contribution is 0.0643. The Hall–Kier alpha value is -2.95. The van der Waals surface area contributed by atoms with Crippen LogP contribution in [0.1, 0.15) is 51.7 Å². The Kier molecular flexibility index (Phi) is 6.50. The molecule has 3 aromatic rings. The second-order valence-corrected chi connectivity index (χ2v) is 7.95. The summed E-state index contributed by atoms with van der Waals surface area (Å²) in [5.74, 6) is 1.70. The molecule has 1 atom stereocenters. The minimum Gasteiger partial charge on any atom is -0.493 e. The van der Waals surface area contributed by atoms with Crippen molar-refractivity contribution in [3.05, 3.63) is 48.0 Å². The molecule has 164 valence electrons. The molecule has 1 saturated heterocycles. The molecule has 0 bridgehead atoms. The number of nitrogens with zero attached hydrogens (tertiary/aromatic N) is 1. The molecular formula is C26H31NO4. The van der Waals surface area contributed by atoms with Crippen molar-refractivity contribution in [1.29, 1.82) is 0 Å². The monoisotopic (exact) mass is 421 g/mol. The third-order valence-corrected chi connectivity index (χ3v) is 5.89. The van der Waals surface area contributed by atoms with Crippen LogP contribution < -0.4 is 9.47 Å². The number of hydrogen-bond donors (Lipinski definition) is 0. The highest BCUT2D eigenvalue weighted by Crippen LogP contribution is 2.43. The average Bonchev–Trinajstić information content (AvgIpc) is 2.81. The molecule has 1 aliphatic rings. The number of rotatable bonds is 6. The van der Waals surface area contributed by atoms with Gasteiger partial charge in [0.05, 0.1) is 13.2 Å². The van der Waals surface area contributed by atoms with Crippen LogP contribution in [0.25, 0.3) is 21.5 Å². The number of amides is 1. The Bertz CT molecular complexity index is 1070. The predicted molar refractivity (Wildman–Crippen MR) is 124 cm³/mol. The topological polar surface area (TPSA) is 48.0 Å². The zero-order valence-corrected chi connectivity index (χ0v) is 18.6. The van der Waals surface area contributed by atoms with Gasteiger partial charge in [0, 0.05) is 34.6 Å². The summed E-state index contributed by atoms with van der Waals surface area (Å²) in [5, 5.41) is 4.04. The Morgan fingerprint density at radius 1 is 0.871 bits per heavy atom. The molecule has 0 aliphatic carbocycles. The van der Waals surface area contributed by atoms with E-state index >= 15 is 0 Å². The molecule has 0 spiro atoms. The number of fused-ring (bicyclic) bond motifs is 2. The molecule has 5 nitrogen and oxygen atoms in total. The summed E-state index contributed by atoms with van der Waals surface area (Å²) in [4.78, 5) is 14.4. The van der Waals surface area contributed by atoms with E-state index in [4.69, 9.17) is 14.2 Å². The van der Waals surface area contributed by atoms with Crippen LogP contribution in [0.4, 0.5) is 4.79 Å². The van der Waals surface area contributed by atoms with E-state index in [1.54, 1.807) is 0 Å². The van der Waals surface area contributed by atoms with Gasteiger partial charge in [0.25, 0.3) is 0 Å². The molecule has 4 rings (SSSR count). The van der Waals surface area contributed by atoms with Gasteiger partial charge in [-0.15, -0.1) is 0 Å². The lowest BCUT2D eigenvalue weighted by atomic mass is 9.97. The maximum absolute atomic E-state index is 12.6. The molecule has 0 saturated carbocycles. The molecule has 1 aliphatic heterocycles. The maximum atomic E-state index is 12.6. The first-order chi connectivity index (χ1) is 15.1. The predicted octanol–water partition coefficient (Wildman–Crippen LogP) is 6.47. The first-order valence-corrected chi connectivity index (χ1v) is 11.3. The van der Waals surface area contributed by atoms with Gasteiger partial charge < -0.3 is 19.1 Å². The molecule has 3 aromatic carbocycles. The second-order valence-electron chi connectivity index (χ2n) is 7.95. The van der Waals surface area contributed by atoms with E-state index in [9.17, 15) is 4.79 Å². The van der Waals surface area contributed by atoms with Gasteiger partial charge in [-0.2, -0.15) is 0 Å². The van der Waals surface area contributed by atoms with E-state index in [1.807, 2.05) is 43.9 Å². The van der Waals surface area contributed by atoms with Crippen molar-refractivity contribution in [1.82, 2.24) is 4.90 Å². The summed E-state index contributed by atoms with van der Waals surface area (Å²) in [6, 6.07) is 14.3. The molecule has 0 N–H and O–H groups in total. The third kappa shape index (κ3) is 4.27. The Morgan fingerprint density at radius 3 is 2.06 bits per heavy atom. The van der Waals surface area contributed by atoms with Crippen molar-refractivity contribution in [2.75, 3.05) is 26.3 Å². The van der Waals surface area contributed by atoms with E-state index in [1.165, 1.54) is 6.42 Å². The number of piperidine rings is 1. The molecule has 31 heavy (non-hydrogen) atoms. The molecule has 1 amide bonds.